The van der Waals surface area contributed by atoms with E-state index in [2.05, 4.69) is 4.90 Å². The molecule has 180 valence electrons. The van der Waals surface area contributed by atoms with E-state index in [0.717, 1.165) is 42.5 Å². The molecule has 0 bridgehead atoms. The Bertz CT molecular complexity index is 955. The minimum Gasteiger partial charge on any atom is -0.481 e. The third kappa shape index (κ3) is 7.57. The number of halogens is 3. The molecule has 3 rings (SSSR count). The van der Waals surface area contributed by atoms with Crippen molar-refractivity contribution in [3.63, 3.8) is 0 Å². The number of rotatable bonds is 11. The van der Waals surface area contributed by atoms with Crippen LogP contribution in [0, 0.1) is 0 Å². The molecular formula is C25H30Cl3NO4. The summed E-state index contributed by atoms with van der Waals surface area (Å²) < 4.78 is 5.97. The first-order valence-electron chi connectivity index (χ1n) is 11.2. The van der Waals surface area contributed by atoms with Crippen molar-refractivity contribution in [3.05, 3.63) is 68.2 Å². The van der Waals surface area contributed by atoms with Gasteiger partial charge in [-0.3, -0.25) is 9.69 Å². The molecule has 5 nitrogen and oxygen atoms in total. The van der Waals surface area contributed by atoms with Gasteiger partial charge in [0.05, 0.1) is 28.9 Å². The number of carbonyl (C=O) groups is 1. The molecule has 2 aromatic rings. The van der Waals surface area contributed by atoms with Gasteiger partial charge in [0.2, 0.25) is 0 Å². The van der Waals surface area contributed by atoms with Crippen molar-refractivity contribution in [2.24, 2.45) is 0 Å². The lowest BCUT2D eigenvalue weighted by molar-refractivity contribution is -0.136. The molecule has 0 radical (unpaired) electrons. The number of aliphatic carboxylic acids is 1. The van der Waals surface area contributed by atoms with Crippen LogP contribution in [0.4, 0.5) is 0 Å². The molecule has 1 aliphatic heterocycles. The van der Waals surface area contributed by atoms with Gasteiger partial charge in [-0.05, 0) is 74.0 Å². The number of carboxylic acids is 1. The largest absolute Gasteiger partial charge is 0.481 e. The fourth-order valence-electron chi connectivity index (χ4n) is 4.43. The molecule has 1 fully saturated rings. The maximum absolute atomic E-state index is 11.0. The highest BCUT2D eigenvalue weighted by atomic mass is 35.5. The maximum Gasteiger partial charge on any atom is 0.303 e. The van der Waals surface area contributed by atoms with Crippen LogP contribution < -0.4 is 0 Å². The summed E-state index contributed by atoms with van der Waals surface area (Å²) in [6.45, 7) is 3.54. The van der Waals surface area contributed by atoms with Gasteiger partial charge >= 0.3 is 5.97 Å². The molecule has 3 atom stereocenters. The average molecular weight is 515 g/mol. The number of benzene rings is 2. The Kier molecular flexibility index (Phi) is 9.86. The molecule has 33 heavy (non-hydrogen) atoms. The molecule has 2 aromatic carbocycles. The van der Waals surface area contributed by atoms with E-state index in [-0.39, 0.29) is 19.1 Å². The Balaban J connectivity index is 1.54. The second kappa shape index (κ2) is 12.4. The van der Waals surface area contributed by atoms with E-state index in [4.69, 9.17) is 44.6 Å². The normalized spacial score (nSPS) is 18.4. The summed E-state index contributed by atoms with van der Waals surface area (Å²) in [5.41, 5.74) is 2.77. The predicted molar refractivity (Wildman–Crippen MR) is 133 cm³/mol. The topological polar surface area (TPSA) is 70.0 Å². The van der Waals surface area contributed by atoms with Crippen LogP contribution in [0.15, 0.2) is 36.4 Å². The molecule has 0 aromatic heterocycles. The fourth-order valence-corrected chi connectivity index (χ4v) is 5.02. The van der Waals surface area contributed by atoms with E-state index in [1.54, 1.807) is 6.07 Å². The predicted octanol–water partition coefficient (Wildman–Crippen LogP) is 5.81. The van der Waals surface area contributed by atoms with Crippen molar-refractivity contribution >= 4 is 40.8 Å². The van der Waals surface area contributed by atoms with Crippen molar-refractivity contribution in [1.29, 1.82) is 0 Å². The number of aliphatic hydroxyl groups is 1. The second-order valence-electron chi connectivity index (χ2n) is 8.57. The quantitative estimate of drug-likeness (QED) is 0.396. The fraction of sp³-hybridized carbons (Fsp3) is 0.480. The van der Waals surface area contributed by atoms with Gasteiger partial charge < -0.3 is 14.9 Å². The van der Waals surface area contributed by atoms with E-state index in [0.29, 0.717) is 34.1 Å². The lowest BCUT2D eigenvalue weighted by Crippen LogP contribution is -2.39. The minimum atomic E-state index is -0.870. The molecule has 2 N–H and O–H groups in total. The van der Waals surface area contributed by atoms with Gasteiger partial charge in [0.1, 0.15) is 0 Å². The van der Waals surface area contributed by atoms with E-state index in [1.165, 1.54) is 0 Å². The van der Waals surface area contributed by atoms with Crippen molar-refractivity contribution in [2.45, 2.75) is 57.3 Å². The van der Waals surface area contributed by atoms with Gasteiger partial charge in [-0.2, -0.15) is 0 Å². The second-order valence-corrected chi connectivity index (χ2v) is 9.80. The van der Waals surface area contributed by atoms with Gasteiger partial charge in [0.25, 0.3) is 0 Å². The van der Waals surface area contributed by atoms with Crippen molar-refractivity contribution in [3.8, 4) is 0 Å². The van der Waals surface area contributed by atoms with E-state index in [1.807, 2.05) is 37.3 Å². The SMILES string of the molecule is C[C@@H](OCC(O)CN1CCC[C@H]1Cc1ccc(Cl)c(Cl)c1)c1cccc(Cl)c1CCC(=O)O. The number of hydrogen-bond donors (Lipinski definition) is 2. The summed E-state index contributed by atoms with van der Waals surface area (Å²) in [6, 6.07) is 11.6. The monoisotopic (exact) mass is 513 g/mol. The molecule has 1 aliphatic rings. The number of hydrogen-bond acceptors (Lipinski definition) is 4. The lowest BCUT2D eigenvalue weighted by atomic mass is 9.99. The van der Waals surface area contributed by atoms with Crippen LogP contribution >= 0.6 is 34.8 Å². The third-order valence-electron chi connectivity index (χ3n) is 6.12. The van der Waals surface area contributed by atoms with Crippen molar-refractivity contribution < 1.29 is 19.7 Å². The summed E-state index contributed by atoms with van der Waals surface area (Å²) in [6.07, 6.45) is 2.41. The summed E-state index contributed by atoms with van der Waals surface area (Å²) in [7, 11) is 0. The smallest absolute Gasteiger partial charge is 0.303 e. The van der Waals surface area contributed by atoms with Gasteiger partial charge in [-0.1, -0.05) is 53.0 Å². The number of β-amino-alcohol motifs (C(OH)–C–C–N with tert-alkyl or cyclic N) is 1. The number of ether oxygens (including phenoxy) is 1. The molecular weight excluding hydrogens is 485 g/mol. The summed E-state index contributed by atoms with van der Waals surface area (Å²) in [5, 5.41) is 21.3. The Morgan fingerprint density at radius 2 is 1.97 bits per heavy atom. The summed E-state index contributed by atoms with van der Waals surface area (Å²) >= 11 is 18.5. The van der Waals surface area contributed by atoms with Gasteiger partial charge in [0, 0.05) is 24.0 Å². The summed E-state index contributed by atoms with van der Waals surface area (Å²) in [4.78, 5) is 13.3. The van der Waals surface area contributed by atoms with Crippen molar-refractivity contribution in [2.75, 3.05) is 19.7 Å². The average Bonchev–Trinajstić information content (AvgIpc) is 3.19. The zero-order chi connectivity index (χ0) is 24.0. The highest BCUT2D eigenvalue weighted by Gasteiger charge is 2.27. The van der Waals surface area contributed by atoms with Crippen LogP contribution in [0.5, 0.6) is 0 Å². The van der Waals surface area contributed by atoms with Gasteiger partial charge in [0.15, 0.2) is 0 Å². The van der Waals surface area contributed by atoms with Gasteiger partial charge in [-0.15, -0.1) is 0 Å². The molecule has 1 saturated heterocycles. The zero-order valence-electron chi connectivity index (χ0n) is 18.6. The van der Waals surface area contributed by atoms with Crippen LogP contribution in [-0.4, -0.2) is 52.9 Å². The maximum atomic E-state index is 11.0. The minimum absolute atomic E-state index is 0.00125. The van der Waals surface area contributed by atoms with E-state index in [9.17, 15) is 9.90 Å². The van der Waals surface area contributed by atoms with Crippen LogP contribution in [0.2, 0.25) is 15.1 Å². The molecule has 0 amide bonds. The Morgan fingerprint density at radius 1 is 1.18 bits per heavy atom. The van der Waals surface area contributed by atoms with E-state index < -0.39 is 12.1 Å². The van der Waals surface area contributed by atoms with E-state index >= 15 is 0 Å². The first-order chi connectivity index (χ1) is 15.7. The van der Waals surface area contributed by atoms with Crippen LogP contribution in [0.25, 0.3) is 0 Å². The molecule has 0 spiro atoms. The number of carboxylic acid groups (broad SMARTS) is 1. The van der Waals surface area contributed by atoms with Crippen LogP contribution in [0.3, 0.4) is 0 Å². The summed E-state index contributed by atoms with van der Waals surface area (Å²) in [5.74, 6) is -0.870. The standard InChI is InChI=1S/C25H30Cl3NO4/c1-16(20-5-2-6-22(26)21(20)8-10-25(31)32)33-15-19(30)14-29-11-3-4-18(29)12-17-7-9-23(27)24(28)13-17/h2,5-7,9,13,16,18-19,30H,3-4,8,10-12,14-15H2,1H3,(H,31,32)/t16-,18+,19?/m1/s1. The van der Waals surface area contributed by atoms with Crippen LogP contribution in [0.1, 0.15) is 49.0 Å². The number of likely N-dealkylation sites (tertiary alicyclic amines) is 1. The highest BCUT2D eigenvalue weighted by Crippen LogP contribution is 2.29. The molecule has 0 aliphatic carbocycles. The lowest BCUT2D eigenvalue weighted by Gasteiger charge is -2.28. The van der Waals surface area contributed by atoms with Crippen LogP contribution in [-0.2, 0) is 22.4 Å². The molecule has 1 heterocycles. The zero-order valence-corrected chi connectivity index (χ0v) is 20.9. The van der Waals surface area contributed by atoms with Gasteiger partial charge in [-0.25, -0.2) is 0 Å². The Morgan fingerprint density at radius 3 is 2.70 bits per heavy atom. The molecule has 1 unspecified atom stereocenters. The molecule has 8 heteroatoms. The first kappa shape index (κ1) is 26.3. The first-order valence-corrected chi connectivity index (χ1v) is 12.3. The number of nitrogens with zero attached hydrogens (tertiary/aromatic N) is 1. The molecule has 0 saturated carbocycles. The third-order valence-corrected chi connectivity index (χ3v) is 7.21. The van der Waals surface area contributed by atoms with Crippen molar-refractivity contribution in [1.82, 2.24) is 4.90 Å². The number of aliphatic hydroxyl groups excluding tert-OH is 1. The Hall–Kier alpha value is -1.34. The highest BCUT2D eigenvalue weighted by molar-refractivity contribution is 6.42. The Labute approximate surface area is 210 Å².